The summed E-state index contributed by atoms with van der Waals surface area (Å²) < 4.78 is 5.43. The largest absolute Gasteiger partial charge is 0.467 e. The van der Waals surface area contributed by atoms with E-state index in [9.17, 15) is 5.11 Å². The van der Waals surface area contributed by atoms with E-state index in [1.807, 2.05) is 12.1 Å². The zero-order valence-corrected chi connectivity index (χ0v) is 10.1. The van der Waals surface area contributed by atoms with Gasteiger partial charge in [0.2, 0.25) is 0 Å². The summed E-state index contributed by atoms with van der Waals surface area (Å²) in [7, 11) is 0. The van der Waals surface area contributed by atoms with Crippen LogP contribution in [0.5, 0.6) is 0 Å². The van der Waals surface area contributed by atoms with Gasteiger partial charge in [-0.2, -0.15) is 0 Å². The molecule has 92 valence electrons. The first-order valence-corrected chi connectivity index (χ1v) is 6.97. The molecule has 0 amide bonds. The Hall–Kier alpha value is -0.760. The molecule has 0 spiro atoms. The summed E-state index contributed by atoms with van der Waals surface area (Å²) in [6.07, 6.45) is 9.24. The Labute approximate surface area is 102 Å². The maximum Gasteiger partial charge on any atom is 0.132 e. The van der Waals surface area contributed by atoms with Crippen LogP contribution in [0.3, 0.4) is 0 Å². The minimum atomic E-state index is -0.370. The van der Waals surface area contributed by atoms with Gasteiger partial charge in [-0.3, -0.25) is 0 Å². The highest BCUT2D eigenvalue weighted by atomic mass is 16.4. The monoisotopic (exact) mass is 232 g/mol. The lowest BCUT2D eigenvalue weighted by Gasteiger charge is -2.58. The summed E-state index contributed by atoms with van der Waals surface area (Å²) in [5.41, 5.74) is 0.145. The van der Waals surface area contributed by atoms with Gasteiger partial charge in [0, 0.05) is 5.41 Å². The van der Waals surface area contributed by atoms with Crippen molar-refractivity contribution in [2.75, 3.05) is 0 Å². The second kappa shape index (κ2) is 3.38. The Morgan fingerprint density at radius 1 is 1.12 bits per heavy atom. The molecule has 2 nitrogen and oxygen atoms in total. The van der Waals surface area contributed by atoms with Gasteiger partial charge in [0.15, 0.2) is 0 Å². The first-order chi connectivity index (χ1) is 8.25. The van der Waals surface area contributed by atoms with Crippen LogP contribution < -0.4 is 0 Å². The van der Waals surface area contributed by atoms with Gasteiger partial charge in [-0.15, -0.1) is 0 Å². The van der Waals surface area contributed by atoms with Crippen molar-refractivity contribution in [3.05, 3.63) is 24.2 Å². The fraction of sp³-hybridized carbons (Fsp3) is 0.733. The van der Waals surface area contributed by atoms with E-state index in [0.717, 1.165) is 23.5 Å². The van der Waals surface area contributed by atoms with Crippen molar-refractivity contribution in [3.8, 4) is 0 Å². The second-order valence-corrected chi connectivity index (χ2v) is 6.70. The van der Waals surface area contributed by atoms with Crippen molar-refractivity contribution in [3.63, 3.8) is 0 Å². The topological polar surface area (TPSA) is 33.4 Å². The Morgan fingerprint density at radius 2 is 1.71 bits per heavy atom. The van der Waals surface area contributed by atoms with E-state index in [2.05, 4.69) is 0 Å². The Bertz CT molecular complexity index is 371. The third kappa shape index (κ3) is 1.43. The van der Waals surface area contributed by atoms with Crippen LogP contribution in [0.25, 0.3) is 0 Å². The Kier molecular flexibility index (Phi) is 2.03. The predicted octanol–water partition coefficient (Wildman–Crippen LogP) is 3.53. The summed E-state index contributed by atoms with van der Waals surface area (Å²) in [6, 6.07) is 3.82. The smallest absolute Gasteiger partial charge is 0.132 e. The molecule has 17 heavy (non-hydrogen) atoms. The van der Waals surface area contributed by atoms with Crippen molar-refractivity contribution in [2.24, 2.45) is 23.2 Å². The molecule has 5 rings (SSSR count). The lowest BCUT2D eigenvalue weighted by molar-refractivity contribution is -0.127. The van der Waals surface area contributed by atoms with E-state index in [0.29, 0.717) is 0 Å². The Morgan fingerprint density at radius 3 is 2.18 bits per heavy atom. The molecule has 1 heterocycles. The van der Waals surface area contributed by atoms with Crippen molar-refractivity contribution < 1.29 is 9.52 Å². The lowest BCUT2D eigenvalue weighted by atomic mass is 9.48. The SMILES string of the molecule is OC(c1ccco1)C12CC3CC(CC(C3)C1)C2. The molecule has 1 N–H and O–H groups in total. The molecule has 0 saturated heterocycles. The number of hydrogen-bond acceptors (Lipinski definition) is 2. The molecule has 4 bridgehead atoms. The number of aliphatic hydroxyl groups excluding tert-OH is 1. The number of aliphatic hydroxyl groups is 1. The number of hydrogen-bond donors (Lipinski definition) is 1. The molecular weight excluding hydrogens is 212 g/mol. The molecule has 2 heteroatoms. The molecule has 1 aromatic heterocycles. The van der Waals surface area contributed by atoms with E-state index in [1.54, 1.807) is 6.26 Å². The van der Waals surface area contributed by atoms with Crippen LogP contribution in [0.4, 0.5) is 0 Å². The van der Waals surface area contributed by atoms with E-state index < -0.39 is 0 Å². The van der Waals surface area contributed by atoms with Crippen LogP contribution in [0.2, 0.25) is 0 Å². The fourth-order valence-electron chi connectivity index (χ4n) is 5.26. The minimum Gasteiger partial charge on any atom is -0.467 e. The van der Waals surface area contributed by atoms with Gasteiger partial charge in [-0.25, -0.2) is 0 Å². The molecule has 4 fully saturated rings. The fourth-order valence-corrected chi connectivity index (χ4v) is 5.26. The summed E-state index contributed by atoms with van der Waals surface area (Å²) in [6.45, 7) is 0. The standard InChI is InChI=1S/C15H20O2/c16-14(13-2-1-3-17-13)15-7-10-4-11(8-15)6-12(5-10)9-15/h1-3,10-12,14,16H,4-9H2. The van der Waals surface area contributed by atoms with E-state index in [1.165, 1.54) is 38.5 Å². The molecule has 4 aliphatic rings. The minimum absolute atomic E-state index is 0.145. The average molecular weight is 232 g/mol. The van der Waals surface area contributed by atoms with Gasteiger partial charge in [0.05, 0.1) is 6.26 Å². The summed E-state index contributed by atoms with van der Waals surface area (Å²) >= 11 is 0. The molecule has 4 aliphatic carbocycles. The third-order valence-electron chi connectivity index (χ3n) is 5.48. The summed E-state index contributed by atoms with van der Waals surface area (Å²) in [4.78, 5) is 0. The molecule has 0 radical (unpaired) electrons. The zero-order chi connectivity index (χ0) is 11.5. The highest BCUT2D eigenvalue weighted by molar-refractivity contribution is 5.12. The van der Waals surface area contributed by atoms with Gasteiger partial charge in [-0.05, 0) is 68.4 Å². The average Bonchev–Trinajstić information content (AvgIpc) is 2.79. The third-order valence-corrected chi connectivity index (χ3v) is 5.48. The van der Waals surface area contributed by atoms with Crippen LogP contribution >= 0.6 is 0 Å². The van der Waals surface area contributed by atoms with Gasteiger partial charge in [0.1, 0.15) is 11.9 Å². The Balaban J connectivity index is 1.68. The predicted molar refractivity (Wildman–Crippen MR) is 64.3 cm³/mol. The van der Waals surface area contributed by atoms with Gasteiger partial charge >= 0.3 is 0 Å². The maximum absolute atomic E-state index is 10.7. The summed E-state index contributed by atoms with van der Waals surface area (Å²) in [5, 5.41) is 10.7. The molecular formula is C15H20O2. The van der Waals surface area contributed by atoms with Crippen LogP contribution in [-0.4, -0.2) is 5.11 Å². The number of furan rings is 1. The van der Waals surface area contributed by atoms with Gasteiger partial charge in [-0.1, -0.05) is 0 Å². The zero-order valence-electron chi connectivity index (χ0n) is 10.1. The van der Waals surface area contributed by atoms with Gasteiger partial charge < -0.3 is 9.52 Å². The van der Waals surface area contributed by atoms with Crippen molar-refractivity contribution in [2.45, 2.75) is 44.6 Å². The maximum atomic E-state index is 10.7. The second-order valence-electron chi connectivity index (χ2n) is 6.70. The highest BCUT2D eigenvalue weighted by Crippen LogP contribution is 2.63. The van der Waals surface area contributed by atoms with Crippen LogP contribution in [0.1, 0.15) is 50.4 Å². The first-order valence-electron chi connectivity index (χ1n) is 6.97. The van der Waals surface area contributed by atoms with Gasteiger partial charge in [0.25, 0.3) is 0 Å². The van der Waals surface area contributed by atoms with Crippen LogP contribution in [-0.2, 0) is 0 Å². The van der Waals surface area contributed by atoms with E-state index in [4.69, 9.17) is 4.42 Å². The molecule has 0 aliphatic heterocycles. The molecule has 0 aromatic carbocycles. The van der Waals surface area contributed by atoms with E-state index in [-0.39, 0.29) is 11.5 Å². The van der Waals surface area contributed by atoms with Crippen molar-refractivity contribution in [1.29, 1.82) is 0 Å². The molecule has 1 atom stereocenters. The first kappa shape index (κ1) is 10.2. The summed E-state index contributed by atoms with van der Waals surface area (Å²) in [5.74, 6) is 3.43. The normalized spacial score (nSPS) is 45.1. The molecule has 4 saturated carbocycles. The van der Waals surface area contributed by atoms with E-state index >= 15 is 0 Å². The highest BCUT2D eigenvalue weighted by Gasteiger charge is 2.54. The van der Waals surface area contributed by atoms with Crippen molar-refractivity contribution in [1.82, 2.24) is 0 Å². The molecule has 1 aromatic rings. The quantitative estimate of drug-likeness (QED) is 0.846. The van der Waals surface area contributed by atoms with Crippen LogP contribution in [0, 0.1) is 23.2 Å². The molecule has 1 unspecified atom stereocenters. The van der Waals surface area contributed by atoms with Crippen molar-refractivity contribution >= 4 is 0 Å². The lowest BCUT2D eigenvalue weighted by Crippen LogP contribution is -2.48. The number of rotatable bonds is 2. The van der Waals surface area contributed by atoms with Crippen LogP contribution in [0.15, 0.2) is 22.8 Å².